The third-order valence-corrected chi connectivity index (χ3v) is 6.16. The van der Waals surface area contributed by atoms with Gasteiger partial charge in [-0.1, -0.05) is 45.7 Å². The number of amides is 1. The summed E-state index contributed by atoms with van der Waals surface area (Å²) in [5, 5.41) is 3.32. The molecule has 1 N–H and O–H groups in total. The van der Waals surface area contributed by atoms with Crippen LogP contribution in [0.5, 0.6) is 0 Å². The highest BCUT2D eigenvalue weighted by atomic mass is 19.1. The zero-order valence-corrected chi connectivity index (χ0v) is 17.0. The van der Waals surface area contributed by atoms with Crippen LogP contribution in [0.2, 0.25) is 0 Å². The van der Waals surface area contributed by atoms with Gasteiger partial charge >= 0.3 is 0 Å². The van der Waals surface area contributed by atoms with Gasteiger partial charge in [-0.2, -0.15) is 0 Å². The molecule has 0 bridgehead atoms. The lowest BCUT2D eigenvalue weighted by atomic mass is 9.69. The molecule has 0 unspecified atom stereocenters. The Balaban J connectivity index is 1.49. The Labute approximate surface area is 163 Å². The van der Waals surface area contributed by atoms with Crippen molar-refractivity contribution >= 4 is 11.6 Å². The van der Waals surface area contributed by atoms with Crippen molar-refractivity contribution in [1.82, 2.24) is 10.2 Å². The Bertz CT molecular complexity index is 635. The molecule has 2 fully saturated rings. The molecule has 27 heavy (non-hydrogen) atoms. The SMILES string of the molecule is CC(C)(C)[C@H]1CCCC[C@H]1NC(=O)CN1CCN(c2ccccc2F)CC1. The Kier molecular flexibility index (Phi) is 6.40. The van der Waals surface area contributed by atoms with Gasteiger partial charge in [0.2, 0.25) is 5.91 Å². The largest absolute Gasteiger partial charge is 0.367 e. The van der Waals surface area contributed by atoms with E-state index in [-0.39, 0.29) is 17.1 Å². The van der Waals surface area contributed by atoms with E-state index in [1.807, 2.05) is 12.1 Å². The first-order chi connectivity index (χ1) is 12.8. The zero-order chi connectivity index (χ0) is 19.4. The average molecular weight is 376 g/mol. The van der Waals surface area contributed by atoms with E-state index in [0.717, 1.165) is 32.6 Å². The van der Waals surface area contributed by atoms with Crippen LogP contribution in [0.4, 0.5) is 10.1 Å². The number of benzene rings is 1. The van der Waals surface area contributed by atoms with Crippen molar-refractivity contribution < 1.29 is 9.18 Å². The molecule has 150 valence electrons. The Hall–Kier alpha value is -1.62. The van der Waals surface area contributed by atoms with Gasteiger partial charge in [-0.25, -0.2) is 4.39 Å². The summed E-state index contributed by atoms with van der Waals surface area (Å²) in [7, 11) is 0. The number of hydrogen-bond donors (Lipinski definition) is 1. The van der Waals surface area contributed by atoms with Crippen molar-refractivity contribution in [1.29, 1.82) is 0 Å². The molecule has 2 atom stereocenters. The van der Waals surface area contributed by atoms with Gasteiger partial charge in [-0.15, -0.1) is 0 Å². The van der Waals surface area contributed by atoms with Gasteiger partial charge < -0.3 is 10.2 Å². The van der Waals surface area contributed by atoms with Crippen LogP contribution in [-0.4, -0.2) is 49.6 Å². The lowest BCUT2D eigenvalue weighted by Crippen LogP contribution is -2.53. The van der Waals surface area contributed by atoms with Gasteiger partial charge in [-0.05, 0) is 36.3 Å². The highest BCUT2D eigenvalue weighted by Gasteiger charge is 2.35. The van der Waals surface area contributed by atoms with Gasteiger partial charge in [0.25, 0.3) is 0 Å². The molecule has 4 nitrogen and oxygen atoms in total. The summed E-state index contributed by atoms with van der Waals surface area (Å²) in [6, 6.07) is 7.22. The molecule has 1 aromatic carbocycles. The third-order valence-electron chi connectivity index (χ3n) is 6.16. The Morgan fingerprint density at radius 3 is 2.44 bits per heavy atom. The molecule has 1 saturated heterocycles. The molecule has 0 radical (unpaired) electrons. The normalized spacial score (nSPS) is 24.7. The minimum absolute atomic E-state index is 0.135. The number of para-hydroxylation sites is 1. The molecule has 1 saturated carbocycles. The number of halogens is 1. The lowest BCUT2D eigenvalue weighted by molar-refractivity contribution is -0.124. The molecular weight excluding hydrogens is 341 g/mol. The van der Waals surface area contributed by atoms with Crippen molar-refractivity contribution in [3.8, 4) is 0 Å². The van der Waals surface area contributed by atoms with E-state index in [1.165, 1.54) is 25.3 Å². The van der Waals surface area contributed by atoms with Crippen molar-refractivity contribution in [3.63, 3.8) is 0 Å². The smallest absolute Gasteiger partial charge is 0.234 e. The number of nitrogens with zero attached hydrogens (tertiary/aromatic N) is 2. The number of hydrogen-bond acceptors (Lipinski definition) is 3. The molecule has 1 aliphatic carbocycles. The van der Waals surface area contributed by atoms with Crippen LogP contribution >= 0.6 is 0 Å². The van der Waals surface area contributed by atoms with Gasteiger partial charge in [0.05, 0.1) is 12.2 Å². The molecule has 2 aliphatic rings. The number of nitrogens with one attached hydrogen (secondary N) is 1. The summed E-state index contributed by atoms with van der Waals surface area (Å²) < 4.78 is 14.0. The molecular formula is C22H34FN3O. The van der Waals surface area contributed by atoms with Crippen LogP contribution in [0.25, 0.3) is 0 Å². The number of piperazine rings is 1. The molecule has 0 aromatic heterocycles. The van der Waals surface area contributed by atoms with Crippen LogP contribution in [-0.2, 0) is 4.79 Å². The second-order valence-electron chi connectivity index (χ2n) is 9.15. The minimum Gasteiger partial charge on any atom is -0.367 e. The number of anilines is 1. The van der Waals surface area contributed by atoms with Gasteiger partial charge in [0.15, 0.2) is 0 Å². The second-order valence-corrected chi connectivity index (χ2v) is 9.15. The fourth-order valence-electron chi connectivity index (χ4n) is 4.65. The maximum Gasteiger partial charge on any atom is 0.234 e. The first-order valence-electron chi connectivity index (χ1n) is 10.4. The minimum atomic E-state index is -0.172. The quantitative estimate of drug-likeness (QED) is 0.872. The summed E-state index contributed by atoms with van der Waals surface area (Å²) >= 11 is 0. The van der Waals surface area contributed by atoms with Crippen molar-refractivity contribution in [2.24, 2.45) is 11.3 Å². The van der Waals surface area contributed by atoms with E-state index >= 15 is 0 Å². The van der Waals surface area contributed by atoms with E-state index in [0.29, 0.717) is 24.2 Å². The number of carbonyl (C=O) groups excluding carboxylic acids is 1. The summed E-state index contributed by atoms with van der Waals surface area (Å²) in [6.07, 6.45) is 4.77. The van der Waals surface area contributed by atoms with Gasteiger partial charge in [0.1, 0.15) is 5.82 Å². The molecule has 1 amide bonds. The monoisotopic (exact) mass is 375 g/mol. The maximum atomic E-state index is 14.0. The zero-order valence-electron chi connectivity index (χ0n) is 17.0. The predicted molar refractivity (Wildman–Crippen MR) is 108 cm³/mol. The second kappa shape index (κ2) is 8.59. The average Bonchev–Trinajstić information content (AvgIpc) is 2.62. The Morgan fingerprint density at radius 1 is 1.11 bits per heavy atom. The molecule has 1 aromatic rings. The van der Waals surface area contributed by atoms with Crippen LogP contribution in [0.1, 0.15) is 46.5 Å². The maximum absolute atomic E-state index is 14.0. The fourth-order valence-corrected chi connectivity index (χ4v) is 4.65. The molecule has 1 heterocycles. The topological polar surface area (TPSA) is 35.6 Å². The number of carbonyl (C=O) groups is 1. The highest BCUT2D eigenvalue weighted by molar-refractivity contribution is 5.78. The first kappa shape index (κ1) is 20.1. The van der Waals surface area contributed by atoms with Crippen LogP contribution in [0.3, 0.4) is 0 Å². The van der Waals surface area contributed by atoms with Crippen LogP contribution < -0.4 is 10.2 Å². The van der Waals surface area contributed by atoms with E-state index in [9.17, 15) is 9.18 Å². The number of rotatable bonds is 4. The first-order valence-corrected chi connectivity index (χ1v) is 10.4. The highest BCUT2D eigenvalue weighted by Crippen LogP contribution is 2.38. The van der Waals surface area contributed by atoms with E-state index in [2.05, 4.69) is 35.9 Å². The van der Waals surface area contributed by atoms with E-state index in [4.69, 9.17) is 0 Å². The van der Waals surface area contributed by atoms with Crippen LogP contribution in [0, 0.1) is 17.2 Å². The van der Waals surface area contributed by atoms with Gasteiger partial charge in [-0.3, -0.25) is 9.69 Å². The van der Waals surface area contributed by atoms with Crippen molar-refractivity contribution in [2.75, 3.05) is 37.6 Å². The van der Waals surface area contributed by atoms with Crippen LogP contribution in [0.15, 0.2) is 24.3 Å². The van der Waals surface area contributed by atoms with Crippen molar-refractivity contribution in [3.05, 3.63) is 30.1 Å². The molecule has 0 spiro atoms. The summed E-state index contributed by atoms with van der Waals surface area (Å²) in [6.45, 7) is 10.4. The van der Waals surface area contributed by atoms with Crippen molar-refractivity contribution in [2.45, 2.75) is 52.5 Å². The summed E-state index contributed by atoms with van der Waals surface area (Å²) in [4.78, 5) is 16.9. The fraction of sp³-hybridized carbons (Fsp3) is 0.682. The molecule has 1 aliphatic heterocycles. The van der Waals surface area contributed by atoms with E-state index in [1.54, 1.807) is 6.07 Å². The lowest BCUT2D eigenvalue weighted by Gasteiger charge is -2.41. The molecule has 5 heteroatoms. The standard InChI is InChI=1S/C22H34FN3O/c1-22(2,3)17-8-4-6-10-19(17)24-21(27)16-25-12-14-26(15-13-25)20-11-7-5-9-18(20)23/h5,7,9,11,17,19H,4,6,8,10,12-16H2,1-3H3,(H,24,27)/t17-,19+/m0/s1. The molecule has 3 rings (SSSR count). The third kappa shape index (κ3) is 5.22. The van der Waals surface area contributed by atoms with Gasteiger partial charge in [0, 0.05) is 32.2 Å². The summed E-state index contributed by atoms with van der Waals surface area (Å²) in [5.41, 5.74) is 0.890. The van der Waals surface area contributed by atoms with E-state index < -0.39 is 0 Å². The predicted octanol–water partition coefficient (Wildman–Crippen LogP) is 3.67. The summed E-state index contributed by atoms with van der Waals surface area (Å²) in [5.74, 6) is 0.512. The Morgan fingerprint density at radius 2 is 1.78 bits per heavy atom.